The van der Waals surface area contributed by atoms with Crippen LogP contribution >= 0.6 is 0 Å². The third-order valence-electron chi connectivity index (χ3n) is 2.05. The Bertz CT molecular complexity index is 333. The predicted molar refractivity (Wildman–Crippen MR) is 60.9 cm³/mol. The maximum absolute atomic E-state index is 9.33. The number of nitrogens with two attached hydrogens (primary N) is 2. The van der Waals surface area contributed by atoms with Crippen molar-refractivity contribution in [1.82, 2.24) is 4.98 Å². The molecule has 16 heavy (non-hydrogen) atoms. The van der Waals surface area contributed by atoms with Crippen LogP contribution in [0.15, 0.2) is 12.3 Å². The van der Waals surface area contributed by atoms with Crippen molar-refractivity contribution in [3.63, 3.8) is 0 Å². The van der Waals surface area contributed by atoms with E-state index in [4.69, 9.17) is 21.3 Å². The van der Waals surface area contributed by atoms with Crippen LogP contribution in [-0.2, 0) is 0 Å². The molecule has 0 saturated heterocycles. The van der Waals surface area contributed by atoms with E-state index < -0.39 is 6.10 Å². The lowest BCUT2D eigenvalue weighted by molar-refractivity contribution is 0.107. The molecule has 6 N–H and O–H groups in total. The van der Waals surface area contributed by atoms with Crippen LogP contribution in [0.4, 0.5) is 11.4 Å². The summed E-state index contributed by atoms with van der Waals surface area (Å²) >= 11 is 0. The number of ether oxygens (including phenoxy) is 1. The standard InChI is InChI=1S/C10H17N3O3/c11-7-5-9(12)10(13-6-7)16-4-2-8(15)1-3-14/h5-6,8,14-15H,1-4,11-12H2. The SMILES string of the molecule is Nc1cnc(OCCC(O)CCO)c(N)c1. The molecule has 1 aromatic heterocycles. The van der Waals surface area contributed by atoms with Crippen molar-refractivity contribution in [2.45, 2.75) is 18.9 Å². The Morgan fingerprint density at radius 1 is 1.38 bits per heavy atom. The van der Waals surface area contributed by atoms with Crippen LogP contribution in [0, 0.1) is 0 Å². The lowest BCUT2D eigenvalue weighted by Crippen LogP contribution is -2.14. The number of aromatic nitrogens is 1. The van der Waals surface area contributed by atoms with Crippen molar-refractivity contribution >= 4 is 11.4 Å². The Morgan fingerprint density at radius 2 is 2.12 bits per heavy atom. The summed E-state index contributed by atoms with van der Waals surface area (Å²) in [5.41, 5.74) is 12.0. The molecule has 6 heteroatoms. The van der Waals surface area contributed by atoms with Gasteiger partial charge in [-0.25, -0.2) is 4.98 Å². The summed E-state index contributed by atoms with van der Waals surface area (Å²) in [7, 11) is 0. The number of nitrogen functional groups attached to an aromatic ring is 2. The van der Waals surface area contributed by atoms with E-state index in [0.29, 0.717) is 36.7 Å². The van der Waals surface area contributed by atoms with Crippen LogP contribution in [0.3, 0.4) is 0 Å². The van der Waals surface area contributed by atoms with Crippen LogP contribution < -0.4 is 16.2 Å². The van der Waals surface area contributed by atoms with Gasteiger partial charge in [-0.2, -0.15) is 0 Å². The molecular formula is C10H17N3O3. The highest BCUT2D eigenvalue weighted by molar-refractivity contribution is 5.55. The Balaban J connectivity index is 2.37. The fraction of sp³-hybridized carbons (Fsp3) is 0.500. The molecule has 90 valence electrons. The summed E-state index contributed by atoms with van der Waals surface area (Å²) in [6, 6.07) is 1.56. The van der Waals surface area contributed by atoms with Crippen molar-refractivity contribution in [1.29, 1.82) is 0 Å². The summed E-state index contributed by atoms with van der Waals surface area (Å²) < 4.78 is 5.28. The van der Waals surface area contributed by atoms with E-state index in [1.807, 2.05) is 0 Å². The molecule has 0 bridgehead atoms. The zero-order valence-electron chi connectivity index (χ0n) is 8.97. The van der Waals surface area contributed by atoms with Gasteiger partial charge in [0.05, 0.1) is 30.3 Å². The quantitative estimate of drug-likeness (QED) is 0.533. The summed E-state index contributed by atoms with van der Waals surface area (Å²) in [5, 5.41) is 17.9. The van der Waals surface area contributed by atoms with E-state index in [-0.39, 0.29) is 6.61 Å². The van der Waals surface area contributed by atoms with Crippen molar-refractivity contribution < 1.29 is 14.9 Å². The first kappa shape index (κ1) is 12.5. The molecule has 0 fully saturated rings. The van der Waals surface area contributed by atoms with E-state index in [1.165, 1.54) is 6.20 Å². The van der Waals surface area contributed by atoms with Gasteiger partial charge in [0, 0.05) is 13.0 Å². The number of pyridine rings is 1. The number of rotatable bonds is 6. The van der Waals surface area contributed by atoms with Crippen LogP contribution in [0.25, 0.3) is 0 Å². The largest absolute Gasteiger partial charge is 0.476 e. The smallest absolute Gasteiger partial charge is 0.237 e. The molecule has 0 radical (unpaired) electrons. The second kappa shape index (κ2) is 6.14. The lowest BCUT2D eigenvalue weighted by atomic mass is 10.2. The fourth-order valence-electron chi connectivity index (χ4n) is 1.19. The van der Waals surface area contributed by atoms with E-state index in [0.717, 1.165) is 0 Å². The van der Waals surface area contributed by atoms with Gasteiger partial charge >= 0.3 is 0 Å². The number of hydrogen-bond donors (Lipinski definition) is 4. The first-order chi connectivity index (χ1) is 7.63. The van der Waals surface area contributed by atoms with E-state index in [9.17, 15) is 5.11 Å². The monoisotopic (exact) mass is 227 g/mol. The summed E-state index contributed by atoms with van der Waals surface area (Å²) in [4.78, 5) is 3.92. The molecular weight excluding hydrogens is 210 g/mol. The average molecular weight is 227 g/mol. The second-order valence-electron chi connectivity index (χ2n) is 3.47. The number of aliphatic hydroxyl groups is 2. The van der Waals surface area contributed by atoms with Crippen LogP contribution in [0.5, 0.6) is 5.88 Å². The highest BCUT2D eigenvalue weighted by Crippen LogP contribution is 2.20. The fourth-order valence-corrected chi connectivity index (χ4v) is 1.19. The van der Waals surface area contributed by atoms with Gasteiger partial charge in [-0.1, -0.05) is 0 Å². The van der Waals surface area contributed by atoms with Gasteiger partial charge in [0.15, 0.2) is 0 Å². The van der Waals surface area contributed by atoms with Crippen molar-refractivity contribution in [2.24, 2.45) is 0 Å². The maximum Gasteiger partial charge on any atom is 0.237 e. The Labute approximate surface area is 93.9 Å². The molecule has 1 rings (SSSR count). The van der Waals surface area contributed by atoms with Gasteiger partial charge in [-0.3, -0.25) is 0 Å². The number of nitrogens with zero attached hydrogens (tertiary/aromatic N) is 1. The number of aliphatic hydroxyl groups excluding tert-OH is 2. The van der Waals surface area contributed by atoms with E-state index >= 15 is 0 Å². The summed E-state index contributed by atoms with van der Waals surface area (Å²) in [6.45, 7) is 0.256. The Morgan fingerprint density at radius 3 is 2.75 bits per heavy atom. The summed E-state index contributed by atoms with van der Waals surface area (Å²) in [5.74, 6) is 0.311. The molecule has 0 aliphatic carbocycles. The zero-order chi connectivity index (χ0) is 12.0. The molecule has 6 nitrogen and oxygen atoms in total. The minimum atomic E-state index is -0.569. The van der Waals surface area contributed by atoms with E-state index in [2.05, 4.69) is 4.98 Å². The highest BCUT2D eigenvalue weighted by atomic mass is 16.5. The molecule has 0 spiro atoms. The van der Waals surface area contributed by atoms with Gasteiger partial charge in [0.2, 0.25) is 5.88 Å². The average Bonchev–Trinajstić information content (AvgIpc) is 2.22. The summed E-state index contributed by atoms with van der Waals surface area (Å²) in [6.07, 6.45) is 1.65. The minimum absolute atomic E-state index is 0.0383. The molecule has 1 heterocycles. The van der Waals surface area contributed by atoms with Gasteiger partial charge in [-0.05, 0) is 12.5 Å². The van der Waals surface area contributed by atoms with Crippen molar-refractivity contribution in [2.75, 3.05) is 24.7 Å². The predicted octanol–water partition coefficient (Wildman–Crippen LogP) is -0.242. The normalized spacial score (nSPS) is 12.4. The molecule has 0 saturated carbocycles. The molecule has 0 amide bonds. The lowest BCUT2D eigenvalue weighted by Gasteiger charge is -2.11. The first-order valence-electron chi connectivity index (χ1n) is 5.06. The molecule has 1 unspecified atom stereocenters. The molecule has 0 aliphatic rings. The maximum atomic E-state index is 9.33. The highest BCUT2D eigenvalue weighted by Gasteiger charge is 2.06. The first-order valence-corrected chi connectivity index (χ1v) is 5.06. The molecule has 1 atom stereocenters. The minimum Gasteiger partial charge on any atom is -0.476 e. The Hall–Kier alpha value is -1.53. The van der Waals surface area contributed by atoms with E-state index in [1.54, 1.807) is 6.07 Å². The topological polar surface area (TPSA) is 115 Å². The van der Waals surface area contributed by atoms with Crippen LogP contribution in [0.1, 0.15) is 12.8 Å². The number of hydrogen-bond acceptors (Lipinski definition) is 6. The molecule has 0 aromatic carbocycles. The molecule has 0 aliphatic heterocycles. The third-order valence-corrected chi connectivity index (χ3v) is 2.05. The zero-order valence-corrected chi connectivity index (χ0v) is 8.97. The third kappa shape index (κ3) is 3.92. The van der Waals surface area contributed by atoms with Gasteiger partial charge < -0.3 is 26.4 Å². The van der Waals surface area contributed by atoms with Crippen LogP contribution in [0.2, 0.25) is 0 Å². The Kier molecular flexibility index (Phi) is 4.81. The van der Waals surface area contributed by atoms with Crippen LogP contribution in [-0.4, -0.2) is 34.5 Å². The van der Waals surface area contributed by atoms with Gasteiger partial charge in [0.1, 0.15) is 0 Å². The van der Waals surface area contributed by atoms with Gasteiger partial charge in [-0.15, -0.1) is 0 Å². The van der Waals surface area contributed by atoms with Crippen molar-refractivity contribution in [3.05, 3.63) is 12.3 Å². The number of anilines is 2. The van der Waals surface area contributed by atoms with Crippen molar-refractivity contribution in [3.8, 4) is 5.88 Å². The molecule has 1 aromatic rings. The van der Waals surface area contributed by atoms with Gasteiger partial charge in [0.25, 0.3) is 0 Å². The second-order valence-corrected chi connectivity index (χ2v) is 3.47.